The zero-order chi connectivity index (χ0) is 14.4. The molecule has 1 saturated heterocycles. The van der Waals surface area contributed by atoms with Gasteiger partial charge in [0, 0.05) is 32.2 Å². The number of ether oxygens (including phenoxy) is 1. The van der Waals surface area contributed by atoms with Gasteiger partial charge < -0.3 is 10.1 Å². The number of hydrogen-bond acceptors (Lipinski definition) is 2. The highest BCUT2D eigenvalue weighted by atomic mass is 19.1. The Bertz CT molecular complexity index is 459. The van der Waals surface area contributed by atoms with Crippen LogP contribution in [0.2, 0.25) is 0 Å². The Labute approximate surface area is 117 Å². The van der Waals surface area contributed by atoms with E-state index in [-0.39, 0.29) is 18.7 Å². The molecule has 0 spiro atoms. The fourth-order valence-electron chi connectivity index (χ4n) is 2.29. The van der Waals surface area contributed by atoms with Crippen LogP contribution in [0.5, 0.6) is 0 Å². The van der Waals surface area contributed by atoms with Gasteiger partial charge in [-0.15, -0.1) is 0 Å². The van der Waals surface area contributed by atoms with Crippen molar-refractivity contribution in [1.29, 1.82) is 0 Å². The lowest BCUT2D eigenvalue weighted by molar-refractivity contribution is -0.121. The number of amides is 1. The average Bonchev–Trinajstić information content (AvgIpc) is 2.91. The molecule has 3 nitrogen and oxygen atoms in total. The van der Waals surface area contributed by atoms with Crippen molar-refractivity contribution >= 4 is 5.91 Å². The molecule has 0 aliphatic carbocycles. The Balaban J connectivity index is 1.66. The predicted octanol–water partition coefficient (Wildman–Crippen LogP) is 2.44. The largest absolute Gasteiger partial charge is 0.381 e. The second-order valence-corrected chi connectivity index (χ2v) is 5.10. The van der Waals surface area contributed by atoms with Crippen molar-refractivity contribution in [1.82, 2.24) is 5.32 Å². The van der Waals surface area contributed by atoms with Gasteiger partial charge in [-0.3, -0.25) is 4.79 Å². The van der Waals surface area contributed by atoms with E-state index in [1.807, 2.05) is 0 Å². The van der Waals surface area contributed by atoms with Crippen molar-refractivity contribution < 1.29 is 18.3 Å². The van der Waals surface area contributed by atoms with Gasteiger partial charge in [0.15, 0.2) is 0 Å². The quantitative estimate of drug-likeness (QED) is 0.871. The van der Waals surface area contributed by atoms with Gasteiger partial charge in [-0.05, 0) is 36.8 Å². The Kier molecular flexibility index (Phi) is 5.47. The highest BCUT2D eigenvalue weighted by Crippen LogP contribution is 2.15. The van der Waals surface area contributed by atoms with Crippen LogP contribution in [0.1, 0.15) is 24.8 Å². The number of hydrogen-bond donors (Lipinski definition) is 1. The van der Waals surface area contributed by atoms with Crippen LogP contribution in [0, 0.1) is 17.6 Å². The van der Waals surface area contributed by atoms with E-state index in [0.29, 0.717) is 18.0 Å². The fraction of sp³-hybridized carbons (Fsp3) is 0.533. The lowest BCUT2D eigenvalue weighted by Crippen LogP contribution is -2.26. The number of nitrogens with one attached hydrogen (secondary N) is 1. The minimum absolute atomic E-state index is 0.104. The van der Waals surface area contributed by atoms with Crippen LogP contribution in [0.4, 0.5) is 8.78 Å². The molecule has 20 heavy (non-hydrogen) atoms. The normalized spacial score (nSPS) is 18.2. The molecule has 110 valence electrons. The van der Waals surface area contributed by atoms with E-state index in [2.05, 4.69) is 5.32 Å². The molecule has 0 bridgehead atoms. The molecule has 1 fully saturated rings. The summed E-state index contributed by atoms with van der Waals surface area (Å²) < 4.78 is 31.4. The summed E-state index contributed by atoms with van der Waals surface area (Å²) in [5, 5.41) is 2.82. The Morgan fingerprint density at radius 1 is 1.40 bits per heavy atom. The topological polar surface area (TPSA) is 38.3 Å². The maximum absolute atomic E-state index is 13.4. The second kappa shape index (κ2) is 7.33. The van der Waals surface area contributed by atoms with E-state index in [1.54, 1.807) is 0 Å². The zero-order valence-corrected chi connectivity index (χ0v) is 11.3. The molecule has 0 radical (unpaired) electrons. The number of carbonyl (C=O) groups is 1. The van der Waals surface area contributed by atoms with Crippen molar-refractivity contribution in [3.8, 4) is 0 Å². The number of rotatable bonds is 6. The van der Waals surface area contributed by atoms with E-state index in [4.69, 9.17) is 4.74 Å². The van der Waals surface area contributed by atoms with E-state index < -0.39 is 11.6 Å². The first-order valence-corrected chi connectivity index (χ1v) is 6.93. The smallest absolute Gasteiger partial charge is 0.220 e. The fourth-order valence-corrected chi connectivity index (χ4v) is 2.29. The summed E-state index contributed by atoms with van der Waals surface area (Å²) in [6, 6.07) is 3.43. The summed E-state index contributed by atoms with van der Waals surface area (Å²) in [5.74, 6) is -0.770. The van der Waals surface area contributed by atoms with Gasteiger partial charge in [0.05, 0.1) is 0 Å². The standard InChI is InChI=1S/C15H19F2NO2/c16-13-3-1-12(14(17)9-13)2-4-15(19)18-7-5-11-6-8-20-10-11/h1,3,9,11H,2,4-8,10H2,(H,18,19)/t11-/m1/s1. The van der Waals surface area contributed by atoms with Gasteiger partial charge in [0.2, 0.25) is 5.91 Å². The van der Waals surface area contributed by atoms with Gasteiger partial charge in [0.25, 0.3) is 0 Å². The van der Waals surface area contributed by atoms with E-state index in [1.165, 1.54) is 12.1 Å². The molecule has 1 aromatic rings. The number of aryl methyl sites for hydroxylation is 1. The van der Waals surface area contributed by atoms with Crippen LogP contribution in [0.3, 0.4) is 0 Å². The van der Waals surface area contributed by atoms with Crippen LogP contribution in [0.15, 0.2) is 18.2 Å². The van der Waals surface area contributed by atoms with Crippen molar-refractivity contribution in [3.63, 3.8) is 0 Å². The molecular formula is C15H19F2NO2. The summed E-state index contributed by atoms with van der Waals surface area (Å²) in [4.78, 5) is 11.6. The summed E-state index contributed by atoms with van der Waals surface area (Å²) >= 11 is 0. The molecule has 1 aliphatic rings. The molecule has 1 aliphatic heterocycles. The third-order valence-electron chi connectivity index (χ3n) is 3.54. The SMILES string of the molecule is O=C(CCc1ccc(F)cc1F)NCC[C@@H]1CCOC1. The first kappa shape index (κ1) is 14.9. The van der Waals surface area contributed by atoms with Crippen LogP contribution in [0.25, 0.3) is 0 Å². The zero-order valence-electron chi connectivity index (χ0n) is 11.3. The molecule has 0 saturated carbocycles. The summed E-state index contributed by atoms with van der Waals surface area (Å²) in [6.45, 7) is 2.21. The first-order chi connectivity index (χ1) is 9.65. The predicted molar refractivity (Wildman–Crippen MR) is 71.2 cm³/mol. The molecule has 2 rings (SSSR count). The van der Waals surface area contributed by atoms with Gasteiger partial charge in [-0.2, -0.15) is 0 Å². The molecule has 1 amide bonds. The van der Waals surface area contributed by atoms with Crippen molar-refractivity contribution in [2.24, 2.45) is 5.92 Å². The number of halogens is 2. The Morgan fingerprint density at radius 3 is 2.95 bits per heavy atom. The third kappa shape index (κ3) is 4.56. The summed E-state index contributed by atoms with van der Waals surface area (Å²) in [7, 11) is 0. The van der Waals surface area contributed by atoms with Gasteiger partial charge in [-0.1, -0.05) is 6.07 Å². The van der Waals surface area contributed by atoms with Gasteiger partial charge in [-0.25, -0.2) is 8.78 Å². The molecule has 5 heteroatoms. The molecule has 1 N–H and O–H groups in total. The van der Waals surface area contributed by atoms with Crippen LogP contribution >= 0.6 is 0 Å². The second-order valence-electron chi connectivity index (χ2n) is 5.10. The lowest BCUT2D eigenvalue weighted by atomic mass is 10.1. The van der Waals surface area contributed by atoms with Crippen LogP contribution in [-0.2, 0) is 16.0 Å². The maximum atomic E-state index is 13.4. The lowest BCUT2D eigenvalue weighted by Gasteiger charge is -2.09. The highest BCUT2D eigenvalue weighted by molar-refractivity contribution is 5.76. The van der Waals surface area contributed by atoms with Gasteiger partial charge >= 0.3 is 0 Å². The monoisotopic (exact) mass is 283 g/mol. The van der Waals surface area contributed by atoms with E-state index in [9.17, 15) is 13.6 Å². The molecule has 1 aromatic carbocycles. The summed E-state index contributed by atoms with van der Waals surface area (Å²) in [5.41, 5.74) is 0.366. The van der Waals surface area contributed by atoms with Crippen molar-refractivity contribution in [2.45, 2.75) is 25.7 Å². The van der Waals surface area contributed by atoms with E-state index in [0.717, 1.165) is 32.1 Å². The molecule has 0 unspecified atom stereocenters. The van der Waals surface area contributed by atoms with Crippen molar-refractivity contribution in [2.75, 3.05) is 19.8 Å². The third-order valence-corrected chi connectivity index (χ3v) is 3.54. The van der Waals surface area contributed by atoms with Gasteiger partial charge in [0.1, 0.15) is 11.6 Å². The molecule has 1 heterocycles. The minimum Gasteiger partial charge on any atom is -0.381 e. The minimum atomic E-state index is -0.602. The van der Waals surface area contributed by atoms with Crippen LogP contribution in [-0.4, -0.2) is 25.7 Å². The Hall–Kier alpha value is -1.49. The summed E-state index contributed by atoms with van der Waals surface area (Å²) in [6.07, 6.45) is 2.46. The van der Waals surface area contributed by atoms with Crippen LogP contribution < -0.4 is 5.32 Å². The molecule has 0 aromatic heterocycles. The Morgan fingerprint density at radius 2 is 2.25 bits per heavy atom. The number of benzene rings is 1. The molecule has 1 atom stereocenters. The highest BCUT2D eigenvalue weighted by Gasteiger charge is 2.15. The first-order valence-electron chi connectivity index (χ1n) is 6.93. The van der Waals surface area contributed by atoms with Crippen molar-refractivity contribution in [3.05, 3.63) is 35.4 Å². The maximum Gasteiger partial charge on any atom is 0.220 e. The van der Waals surface area contributed by atoms with E-state index >= 15 is 0 Å². The average molecular weight is 283 g/mol. The number of carbonyl (C=O) groups excluding carboxylic acids is 1. The molecular weight excluding hydrogens is 264 g/mol.